The zero-order valence-electron chi connectivity index (χ0n) is 19.3. The molecule has 2 aliphatic heterocycles. The predicted molar refractivity (Wildman–Crippen MR) is 132 cm³/mol. The molecule has 1 fully saturated rings. The summed E-state index contributed by atoms with van der Waals surface area (Å²) in [6.45, 7) is 0. The Kier molecular flexibility index (Phi) is 5.61. The molecule has 8 nitrogen and oxygen atoms in total. The van der Waals surface area contributed by atoms with Crippen LogP contribution in [0, 0.1) is 26.9 Å². The molecule has 0 aliphatic carbocycles. The first-order valence-corrected chi connectivity index (χ1v) is 11.3. The number of nitriles is 1. The van der Waals surface area contributed by atoms with E-state index in [0.29, 0.717) is 16.8 Å². The van der Waals surface area contributed by atoms with Gasteiger partial charge in [0.15, 0.2) is 11.2 Å². The number of esters is 1. The van der Waals surface area contributed by atoms with Crippen molar-refractivity contribution in [3.8, 4) is 6.07 Å². The van der Waals surface area contributed by atoms with Crippen LogP contribution in [0.25, 0.3) is 6.08 Å². The lowest BCUT2D eigenvalue weighted by atomic mass is 9.68. The van der Waals surface area contributed by atoms with Gasteiger partial charge in [0.25, 0.3) is 5.69 Å². The molecule has 3 aromatic rings. The first-order valence-electron chi connectivity index (χ1n) is 11.3. The van der Waals surface area contributed by atoms with E-state index in [9.17, 15) is 25.0 Å². The number of ketones is 1. The third-order valence-electron chi connectivity index (χ3n) is 7.04. The highest BCUT2D eigenvalue weighted by molar-refractivity contribution is 6.06. The summed E-state index contributed by atoms with van der Waals surface area (Å²) < 4.78 is 5.17. The second-order valence-electron chi connectivity index (χ2n) is 8.74. The fourth-order valence-electron chi connectivity index (χ4n) is 5.49. The molecule has 0 spiro atoms. The number of anilines is 1. The van der Waals surface area contributed by atoms with Crippen LogP contribution in [0.1, 0.15) is 27.4 Å². The fourth-order valence-corrected chi connectivity index (χ4v) is 5.49. The Morgan fingerprint density at radius 1 is 1.03 bits per heavy atom. The number of rotatable bonds is 5. The number of non-ortho nitro benzene ring substituents is 1. The molecule has 0 N–H and O–H groups in total. The largest absolute Gasteiger partial charge is 0.468 e. The Morgan fingerprint density at radius 3 is 2.33 bits per heavy atom. The molecule has 3 aromatic carbocycles. The van der Waals surface area contributed by atoms with Gasteiger partial charge in [-0.05, 0) is 17.2 Å². The standard InChI is InChI=1S/C28H21N3O5/c1-36-27(33)28(17-29)23-16-13-18-7-5-6-10-22(18)30(23)25(26(32)20-8-3-2-4-9-20)24(28)19-11-14-21(15-12-19)31(34)35/h2-16,23-25H,1H3/t23-,24-,25-,28+/m0/s1. The topological polar surface area (TPSA) is 114 Å². The van der Waals surface area contributed by atoms with Gasteiger partial charge in [-0.1, -0.05) is 72.8 Å². The molecule has 8 heteroatoms. The minimum absolute atomic E-state index is 0.133. The molecule has 0 amide bonds. The number of carbonyl (C=O) groups is 2. The van der Waals surface area contributed by atoms with Gasteiger partial charge in [-0.15, -0.1) is 0 Å². The van der Waals surface area contributed by atoms with Gasteiger partial charge in [-0.25, -0.2) is 0 Å². The first kappa shape index (κ1) is 23.0. The maximum absolute atomic E-state index is 14.1. The number of methoxy groups -OCH3 is 1. The quantitative estimate of drug-likeness (QED) is 0.229. The van der Waals surface area contributed by atoms with Crippen molar-refractivity contribution < 1.29 is 19.2 Å². The number of benzene rings is 3. The molecular formula is C28H21N3O5. The molecule has 36 heavy (non-hydrogen) atoms. The Balaban J connectivity index is 1.80. The van der Waals surface area contributed by atoms with Gasteiger partial charge in [0, 0.05) is 29.3 Å². The number of ether oxygens (including phenoxy) is 1. The van der Waals surface area contributed by atoms with Crippen molar-refractivity contribution in [2.45, 2.75) is 18.0 Å². The van der Waals surface area contributed by atoms with E-state index < -0.39 is 34.3 Å². The van der Waals surface area contributed by atoms with Crippen LogP contribution in [0.2, 0.25) is 0 Å². The van der Waals surface area contributed by atoms with Gasteiger partial charge in [0.2, 0.25) is 0 Å². The second-order valence-corrected chi connectivity index (χ2v) is 8.74. The Bertz CT molecular complexity index is 1430. The van der Waals surface area contributed by atoms with Crippen LogP contribution in [0.15, 0.2) is 84.9 Å². The maximum atomic E-state index is 14.1. The number of carbonyl (C=O) groups excluding carboxylic acids is 2. The zero-order chi connectivity index (χ0) is 25.4. The van der Waals surface area contributed by atoms with Crippen molar-refractivity contribution in [1.82, 2.24) is 0 Å². The molecule has 2 aliphatic rings. The third kappa shape index (κ3) is 3.28. The normalized spacial score (nSPS) is 23.8. The van der Waals surface area contributed by atoms with Crippen molar-refractivity contribution in [3.63, 3.8) is 0 Å². The molecule has 0 saturated carbocycles. The molecular weight excluding hydrogens is 458 g/mol. The average Bonchev–Trinajstić information content (AvgIpc) is 3.24. The van der Waals surface area contributed by atoms with Crippen LogP contribution in [-0.2, 0) is 9.53 Å². The van der Waals surface area contributed by atoms with Gasteiger partial charge in [-0.3, -0.25) is 19.7 Å². The lowest BCUT2D eigenvalue weighted by Gasteiger charge is -2.36. The SMILES string of the molecule is COC(=O)[C@]1(C#N)[C@@H]2C=Cc3ccccc3N2[C@H](C(=O)c2ccccc2)[C@@H]1c1ccc([N+](=O)[O-])cc1. The summed E-state index contributed by atoms with van der Waals surface area (Å²) >= 11 is 0. The van der Waals surface area contributed by atoms with Crippen molar-refractivity contribution >= 4 is 29.2 Å². The van der Waals surface area contributed by atoms with Gasteiger partial charge in [0.05, 0.1) is 24.1 Å². The van der Waals surface area contributed by atoms with Crippen LogP contribution in [0.5, 0.6) is 0 Å². The van der Waals surface area contributed by atoms with Crippen LogP contribution in [0.4, 0.5) is 11.4 Å². The lowest BCUT2D eigenvalue weighted by molar-refractivity contribution is -0.384. The highest BCUT2D eigenvalue weighted by Crippen LogP contribution is 2.56. The van der Waals surface area contributed by atoms with Gasteiger partial charge < -0.3 is 9.64 Å². The highest BCUT2D eigenvalue weighted by Gasteiger charge is 2.67. The number of para-hydroxylation sites is 1. The predicted octanol–water partition coefficient (Wildman–Crippen LogP) is 4.53. The molecule has 1 saturated heterocycles. The van der Waals surface area contributed by atoms with Crippen molar-refractivity contribution in [2.24, 2.45) is 5.41 Å². The first-order chi connectivity index (χ1) is 17.4. The van der Waals surface area contributed by atoms with E-state index in [4.69, 9.17) is 4.74 Å². The summed E-state index contributed by atoms with van der Waals surface area (Å²) in [5.41, 5.74) is 0.532. The molecule has 0 unspecified atom stereocenters. The summed E-state index contributed by atoms with van der Waals surface area (Å²) in [4.78, 5) is 40.2. The Morgan fingerprint density at radius 2 is 1.69 bits per heavy atom. The van der Waals surface area contributed by atoms with Crippen LogP contribution in [0.3, 0.4) is 0 Å². The van der Waals surface area contributed by atoms with Crippen molar-refractivity contribution in [3.05, 3.63) is 112 Å². The summed E-state index contributed by atoms with van der Waals surface area (Å²) in [6, 6.07) is 22.3. The zero-order valence-corrected chi connectivity index (χ0v) is 19.3. The number of nitrogens with zero attached hydrogens (tertiary/aromatic N) is 3. The second kappa shape index (κ2) is 8.78. The number of hydrogen-bond acceptors (Lipinski definition) is 7. The molecule has 0 radical (unpaired) electrons. The number of fused-ring (bicyclic) bond motifs is 3. The highest BCUT2D eigenvalue weighted by atomic mass is 16.6. The molecule has 5 rings (SSSR count). The molecule has 178 valence electrons. The van der Waals surface area contributed by atoms with Gasteiger partial charge >= 0.3 is 5.97 Å². The molecule has 2 heterocycles. The van der Waals surface area contributed by atoms with Gasteiger partial charge in [-0.2, -0.15) is 5.26 Å². The van der Waals surface area contributed by atoms with Crippen molar-refractivity contribution in [2.75, 3.05) is 12.0 Å². The van der Waals surface area contributed by atoms with Crippen LogP contribution >= 0.6 is 0 Å². The van der Waals surface area contributed by atoms with E-state index in [-0.39, 0.29) is 11.5 Å². The van der Waals surface area contributed by atoms with E-state index in [2.05, 4.69) is 6.07 Å². The van der Waals surface area contributed by atoms with Crippen LogP contribution in [-0.4, -0.2) is 35.9 Å². The molecule has 0 bridgehead atoms. The minimum atomic E-state index is -1.79. The van der Waals surface area contributed by atoms with E-state index in [1.165, 1.54) is 31.4 Å². The fraction of sp³-hybridized carbons (Fsp3) is 0.179. The minimum Gasteiger partial charge on any atom is -0.468 e. The van der Waals surface area contributed by atoms with Crippen LogP contribution < -0.4 is 4.90 Å². The molecule has 0 aromatic heterocycles. The van der Waals surface area contributed by atoms with Crippen molar-refractivity contribution in [1.29, 1.82) is 5.26 Å². The van der Waals surface area contributed by atoms with E-state index in [1.807, 2.05) is 35.2 Å². The van der Waals surface area contributed by atoms with E-state index in [1.54, 1.807) is 36.4 Å². The van der Waals surface area contributed by atoms with Gasteiger partial charge in [0.1, 0.15) is 6.04 Å². The monoisotopic (exact) mass is 479 g/mol. The Labute approximate surface area is 207 Å². The number of nitro groups is 1. The summed E-state index contributed by atoms with van der Waals surface area (Å²) in [6.07, 6.45) is 3.60. The number of hydrogen-bond donors (Lipinski definition) is 0. The smallest absolute Gasteiger partial charge is 0.329 e. The summed E-state index contributed by atoms with van der Waals surface area (Å²) in [7, 11) is 1.21. The average molecular weight is 479 g/mol. The maximum Gasteiger partial charge on any atom is 0.329 e. The number of nitro benzene ring substituents is 1. The van der Waals surface area contributed by atoms with E-state index in [0.717, 1.165) is 5.56 Å². The number of Topliss-reactive ketones (excluding diaryl/α,β-unsaturated/α-hetero) is 1. The third-order valence-corrected chi connectivity index (χ3v) is 7.04. The summed E-state index contributed by atoms with van der Waals surface area (Å²) in [5.74, 6) is -2.00. The Hall–Kier alpha value is -4.77. The summed E-state index contributed by atoms with van der Waals surface area (Å²) in [5, 5.41) is 21.9. The lowest BCUT2D eigenvalue weighted by Crippen LogP contribution is -2.46. The molecule has 4 atom stereocenters. The van der Waals surface area contributed by atoms with E-state index >= 15 is 0 Å².